The molecule has 0 fully saturated rings. The van der Waals surface area contributed by atoms with Gasteiger partial charge in [-0.2, -0.15) is 4.98 Å². The Labute approximate surface area is 77.3 Å². The lowest BCUT2D eigenvalue weighted by molar-refractivity contribution is 0.166. The van der Waals surface area contributed by atoms with E-state index in [1.165, 1.54) is 0 Å². The van der Waals surface area contributed by atoms with E-state index in [9.17, 15) is 0 Å². The first kappa shape index (κ1) is 10.1. The van der Waals surface area contributed by atoms with Crippen LogP contribution in [0.2, 0.25) is 0 Å². The highest BCUT2D eigenvalue weighted by atomic mass is 16.5. The number of methoxy groups -OCH3 is 1. The van der Waals surface area contributed by atoms with Crippen molar-refractivity contribution in [3.05, 3.63) is 11.7 Å². The molecule has 5 heteroatoms. The van der Waals surface area contributed by atoms with E-state index in [1.807, 2.05) is 13.8 Å². The molecule has 1 unspecified atom stereocenters. The molecule has 1 aromatic heterocycles. The van der Waals surface area contributed by atoms with Crippen molar-refractivity contribution in [3.63, 3.8) is 0 Å². The van der Waals surface area contributed by atoms with Crippen LogP contribution in [0.5, 0.6) is 0 Å². The average Bonchev–Trinajstić information content (AvgIpc) is 2.52. The molecule has 0 bridgehead atoms. The summed E-state index contributed by atoms with van der Waals surface area (Å²) in [5.74, 6) is 1.37. The number of rotatable bonds is 4. The normalized spacial score (nSPS) is 13.6. The number of nitrogens with zero attached hydrogens (tertiary/aromatic N) is 2. The molecule has 0 radical (unpaired) electrons. The van der Waals surface area contributed by atoms with Crippen LogP contribution in [0.4, 0.5) is 0 Å². The zero-order chi connectivity index (χ0) is 9.84. The molecule has 1 atom stereocenters. The standard InChI is InChI=1S/C8H15N3O2/c1-5(2)7-10-8(13-11-7)6(9)4-12-3/h5-6H,4,9H2,1-3H3. The number of nitrogens with two attached hydrogens (primary N) is 1. The first-order valence-electron chi connectivity index (χ1n) is 4.23. The fraction of sp³-hybridized carbons (Fsp3) is 0.750. The highest BCUT2D eigenvalue weighted by molar-refractivity contribution is 4.95. The molecule has 13 heavy (non-hydrogen) atoms. The van der Waals surface area contributed by atoms with Gasteiger partial charge in [0.25, 0.3) is 0 Å². The van der Waals surface area contributed by atoms with E-state index in [1.54, 1.807) is 7.11 Å². The number of ether oxygens (including phenoxy) is 1. The molecule has 0 saturated heterocycles. The molecule has 0 aliphatic carbocycles. The van der Waals surface area contributed by atoms with Crippen molar-refractivity contribution in [2.75, 3.05) is 13.7 Å². The number of aromatic nitrogens is 2. The third-order valence-corrected chi connectivity index (χ3v) is 1.64. The molecule has 1 aromatic rings. The summed E-state index contributed by atoms with van der Waals surface area (Å²) in [6.07, 6.45) is 0. The minimum absolute atomic E-state index is 0.257. The molecule has 1 heterocycles. The molecule has 0 amide bonds. The highest BCUT2D eigenvalue weighted by Crippen LogP contribution is 2.13. The van der Waals surface area contributed by atoms with Gasteiger partial charge in [0, 0.05) is 13.0 Å². The lowest BCUT2D eigenvalue weighted by Gasteiger charge is -2.02. The summed E-state index contributed by atoms with van der Waals surface area (Å²) in [4.78, 5) is 4.15. The maximum Gasteiger partial charge on any atom is 0.245 e. The van der Waals surface area contributed by atoms with E-state index in [4.69, 9.17) is 15.0 Å². The van der Waals surface area contributed by atoms with Gasteiger partial charge in [-0.3, -0.25) is 0 Å². The minimum Gasteiger partial charge on any atom is -0.383 e. The number of hydrogen-bond acceptors (Lipinski definition) is 5. The van der Waals surface area contributed by atoms with Gasteiger partial charge in [-0.05, 0) is 0 Å². The van der Waals surface area contributed by atoms with E-state index in [2.05, 4.69) is 10.1 Å². The molecular formula is C8H15N3O2. The van der Waals surface area contributed by atoms with Gasteiger partial charge in [0.05, 0.1) is 6.61 Å². The molecular weight excluding hydrogens is 170 g/mol. The Balaban J connectivity index is 2.67. The lowest BCUT2D eigenvalue weighted by Crippen LogP contribution is -2.16. The van der Waals surface area contributed by atoms with Crippen molar-refractivity contribution >= 4 is 0 Å². The van der Waals surface area contributed by atoms with E-state index < -0.39 is 0 Å². The predicted molar refractivity (Wildman–Crippen MR) is 47.2 cm³/mol. The largest absolute Gasteiger partial charge is 0.383 e. The summed E-state index contributed by atoms with van der Waals surface area (Å²) in [5.41, 5.74) is 5.70. The first-order valence-corrected chi connectivity index (χ1v) is 4.23. The van der Waals surface area contributed by atoms with Crippen molar-refractivity contribution < 1.29 is 9.26 Å². The molecule has 0 spiro atoms. The zero-order valence-electron chi connectivity index (χ0n) is 8.15. The van der Waals surface area contributed by atoms with E-state index in [0.717, 1.165) is 0 Å². The Kier molecular flexibility index (Phi) is 3.39. The third-order valence-electron chi connectivity index (χ3n) is 1.64. The number of hydrogen-bond donors (Lipinski definition) is 1. The highest BCUT2D eigenvalue weighted by Gasteiger charge is 2.15. The minimum atomic E-state index is -0.329. The second-order valence-corrected chi connectivity index (χ2v) is 3.21. The summed E-state index contributed by atoms with van der Waals surface area (Å²) >= 11 is 0. The molecule has 0 aliphatic heterocycles. The molecule has 5 nitrogen and oxygen atoms in total. The molecule has 1 rings (SSSR count). The van der Waals surface area contributed by atoms with Crippen molar-refractivity contribution in [1.82, 2.24) is 10.1 Å². The lowest BCUT2D eigenvalue weighted by atomic mass is 10.2. The van der Waals surface area contributed by atoms with Gasteiger partial charge in [-0.15, -0.1) is 0 Å². The fourth-order valence-corrected chi connectivity index (χ4v) is 0.883. The van der Waals surface area contributed by atoms with Crippen LogP contribution in [0, 0.1) is 0 Å². The van der Waals surface area contributed by atoms with Crippen LogP contribution in [0.3, 0.4) is 0 Å². The SMILES string of the molecule is COCC(N)c1nc(C(C)C)no1. The van der Waals surface area contributed by atoms with Gasteiger partial charge in [0.1, 0.15) is 6.04 Å². The molecule has 2 N–H and O–H groups in total. The second-order valence-electron chi connectivity index (χ2n) is 3.21. The predicted octanol–water partition coefficient (Wildman–Crippen LogP) is 0.839. The quantitative estimate of drug-likeness (QED) is 0.752. The van der Waals surface area contributed by atoms with Crippen molar-refractivity contribution in [1.29, 1.82) is 0 Å². The fourth-order valence-electron chi connectivity index (χ4n) is 0.883. The topological polar surface area (TPSA) is 74.2 Å². The van der Waals surface area contributed by atoms with Crippen LogP contribution in [0.1, 0.15) is 37.5 Å². The van der Waals surface area contributed by atoms with E-state index >= 15 is 0 Å². The maximum absolute atomic E-state index is 5.70. The van der Waals surface area contributed by atoms with Gasteiger partial charge in [0.2, 0.25) is 5.89 Å². The van der Waals surface area contributed by atoms with Crippen molar-refractivity contribution in [2.24, 2.45) is 5.73 Å². The summed E-state index contributed by atoms with van der Waals surface area (Å²) in [7, 11) is 1.58. The van der Waals surface area contributed by atoms with Crippen LogP contribution >= 0.6 is 0 Å². The van der Waals surface area contributed by atoms with Gasteiger partial charge >= 0.3 is 0 Å². The van der Waals surface area contributed by atoms with Crippen LogP contribution in [0.25, 0.3) is 0 Å². The molecule has 74 valence electrons. The summed E-state index contributed by atoms with van der Waals surface area (Å²) < 4.78 is 9.85. The maximum atomic E-state index is 5.70. The van der Waals surface area contributed by atoms with Crippen LogP contribution in [-0.4, -0.2) is 23.9 Å². The van der Waals surface area contributed by atoms with E-state index in [0.29, 0.717) is 18.3 Å². The second kappa shape index (κ2) is 4.34. The van der Waals surface area contributed by atoms with Crippen LogP contribution in [0.15, 0.2) is 4.52 Å². The van der Waals surface area contributed by atoms with Gasteiger partial charge in [0.15, 0.2) is 5.82 Å². The third kappa shape index (κ3) is 2.50. The molecule has 0 aliphatic rings. The van der Waals surface area contributed by atoms with Crippen LogP contribution in [-0.2, 0) is 4.74 Å². The smallest absolute Gasteiger partial charge is 0.245 e. The molecule has 0 aromatic carbocycles. The summed E-state index contributed by atoms with van der Waals surface area (Å²) in [5, 5.41) is 3.80. The van der Waals surface area contributed by atoms with Crippen molar-refractivity contribution in [2.45, 2.75) is 25.8 Å². The summed E-state index contributed by atoms with van der Waals surface area (Å²) in [6.45, 7) is 4.38. The molecule has 0 saturated carbocycles. The van der Waals surface area contributed by atoms with Gasteiger partial charge < -0.3 is 15.0 Å². The Hall–Kier alpha value is -0.940. The first-order chi connectivity index (χ1) is 6.15. The average molecular weight is 185 g/mol. The Morgan fingerprint density at radius 1 is 1.54 bits per heavy atom. The van der Waals surface area contributed by atoms with Gasteiger partial charge in [-0.25, -0.2) is 0 Å². The van der Waals surface area contributed by atoms with E-state index in [-0.39, 0.29) is 12.0 Å². The Morgan fingerprint density at radius 3 is 2.69 bits per heavy atom. The zero-order valence-corrected chi connectivity index (χ0v) is 8.15. The monoisotopic (exact) mass is 185 g/mol. The Morgan fingerprint density at radius 2 is 2.23 bits per heavy atom. The summed E-state index contributed by atoms with van der Waals surface area (Å²) in [6, 6.07) is -0.329. The Bertz CT molecular complexity index is 260. The van der Waals surface area contributed by atoms with Crippen molar-refractivity contribution in [3.8, 4) is 0 Å². The van der Waals surface area contributed by atoms with Gasteiger partial charge in [-0.1, -0.05) is 19.0 Å². The van der Waals surface area contributed by atoms with Crippen LogP contribution < -0.4 is 5.73 Å².